The van der Waals surface area contributed by atoms with Crippen LogP contribution in [0.3, 0.4) is 0 Å². The van der Waals surface area contributed by atoms with Crippen molar-refractivity contribution in [2.45, 2.75) is 0 Å². The van der Waals surface area contributed by atoms with Crippen molar-refractivity contribution in [2.24, 2.45) is 7.05 Å². The van der Waals surface area contributed by atoms with Gasteiger partial charge in [0.1, 0.15) is 11.5 Å². The normalized spacial score (nSPS) is 10.8. The number of anilines is 1. The highest BCUT2D eigenvalue weighted by Gasteiger charge is 2.10. The molecule has 3 heterocycles. The van der Waals surface area contributed by atoms with Crippen molar-refractivity contribution in [3.8, 4) is 11.4 Å². The van der Waals surface area contributed by atoms with Gasteiger partial charge in [0, 0.05) is 25.6 Å². The molecule has 0 amide bonds. The first-order chi connectivity index (χ1) is 9.16. The van der Waals surface area contributed by atoms with Gasteiger partial charge in [-0.2, -0.15) is 0 Å². The minimum Gasteiger partial charge on any atom is -0.383 e. The first-order valence-electron chi connectivity index (χ1n) is 5.69. The molecular weight excluding hydrogens is 242 g/mol. The van der Waals surface area contributed by atoms with Crippen LogP contribution in [0, 0.1) is 0 Å². The monoisotopic (exact) mass is 253 g/mol. The average Bonchev–Trinajstić information content (AvgIpc) is 2.43. The van der Waals surface area contributed by atoms with E-state index in [1.807, 2.05) is 6.07 Å². The van der Waals surface area contributed by atoms with Gasteiger partial charge in [-0.15, -0.1) is 0 Å². The van der Waals surface area contributed by atoms with Gasteiger partial charge in [-0.3, -0.25) is 14.8 Å². The molecule has 0 bridgehead atoms. The van der Waals surface area contributed by atoms with E-state index in [2.05, 4.69) is 15.0 Å². The Kier molecular flexibility index (Phi) is 2.49. The first kappa shape index (κ1) is 11.3. The number of fused-ring (bicyclic) bond motifs is 1. The van der Waals surface area contributed by atoms with Gasteiger partial charge in [-0.05, 0) is 17.5 Å². The maximum absolute atomic E-state index is 12.0. The molecule has 0 atom stereocenters. The van der Waals surface area contributed by atoms with Crippen molar-refractivity contribution < 1.29 is 0 Å². The van der Waals surface area contributed by atoms with E-state index in [4.69, 9.17) is 5.73 Å². The molecule has 0 saturated carbocycles. The second-order valence-corrected chi connectivity index (χ2v) is 4.18. The summed E-state index contributed by atoms with van der Waals surface area (Å²) in [7, 11) is 1.68. The van der Waals surface area contributed by atoms with Gasteiger partial charge in [-0.1, -0.05) is 0 Å². The Morgan fingerprint density at radius 3 is 2.84 bits per heavy atom. The molecule has 0 unspecified atom stereocenters. The minimum absolute atomic E-state index is 0.159. The number of aryl methyl sites for hydroxylation is 1. The van der Waals surface area contributed by atoms with E-state index in [9.17, 15) is 4.79 Å². The smallest absolute Gasteiger partial charge is 0.261 e. The number of pyridine rings is 2. The molecular formula is C13H11N5O. The maximum atomic E-state index is 12.0. The standard InChI is InChI=1S/C13H11N5O/c1-18-5-2-8-6-9(10-7-15-3-4-16-10)17-12(14)11(8)13(18)19/h2-7H,1H3,(H2,14,17). The van der Waals surface area contributed by atoms with Crippen LogP contribution >= 0.6 is 0 Å². The van der Waals surface area contributed by atoms with E-state index >= 15 is 0 Å². The summed E-state index contributed by atoms with van der Waals surface area (Å²) in [5, 5.41) is 1.17. The fraction of sp³-hybridized carbons (Fsp3) is 0.0769. The predicted molar refractivity (Wildman–Crippen MR) is 72.4 cm³/mol. The molecule has 3 aromatic rings. The highest BCUT2D eigenvalue weighted by atomic mass is 16.1. The predicted octanol–water partition coefficient (Wildman–Crippen LogP) is 0.973. The second-order valence-electron chi connectivity index (χ2n) is 4.18. The molecule has 6 heteroatoms. The lowest BCUT2D eigenvalue weighted by Gasteiger charge is -2.06. The third kappa shape index (κ3) is 1.83. The van der Waals surface area contributed by atoms with E-state index in [0.717, 1.165) is 5.39 Å². The average molecular weight is 253 g/mol. The number of nitrogen functional groups attached to an aromatic ring is 1. The highest BCUT2D eigenvalue weighted by molar-refractivity contribution is 5.92. The SMILES string of the molecule is Cn1ccc2cc(-c3cnccn3)nc(N)c2c1=O. The quantitative estimate of drug-likeness (QED) is 0.698. The Hall–Kier alpha value is -2.76. The van der Waals surface area contributed by atoms with Crippen molar-refractivity contribution in [2.75, 3.05) is 5.73 Å². The van der Waals surface area contributed by atoms with Gasteiger partial charge < -0.3 is 10.3 Å². The Bertz CT molecular complexity index is 810. The zero-order chi connectivity index (χ0) is 13.4. The largest absolute Gasteiger partial charge is 0.383 e. The van der Waals surface area contributed by atoms with Crippen molar-refractivity contribution in [1.82, 2.24) is 19.5 Å². The fourth-order valence-electron chi connectivity index (χ4n) is 1.95. The molecule has 0 aliphatic carbocycles. The van der Waals surface area contributed by atoms with Crippen LogP contribution < -0.4 is 11.3 Å². The van der Waals surface area contributed by atoms with Crippen molar-refractivity contribution in [3.05, 3.63) is 47.3 Å². The van der Waals surface area contributed by atoms with Gasteiger partial charge in [0.25, 0.3) is 5.56 Å². The van der Waals surface area contributed by atoms with E-state index in [1.165, 1.54) is 4.57 Å². The van der Waals surface area contributed by atoms with Crippen LogP contribution in [0.1, 0.15) is 0 Å². The number of hydrogen-bond acceptors (Lipinski definition) is 5. The Morgan fingerprint density at radius 2 is 2.11 bits per heavy atom. The third-order valence-corrected chi connectivity index (χ3v) is 2.92. The number of nitrogens with two attached hydrogens (primary N) is 1. The topological polar surface area (TPSA) is 86.7 Å². The molecule has 0 fully saturated rings. The van der Waals surface area contributed by atoms with E-state index in [1.54, 1.807) is 37.9 Å². The first-order valence-corrected chi connectivity index (χ1v) is 5.69. The van der Waals surface area contributed by atoms with Crippen molar-refractivity contribution in [1.29, 1.82) is 0 Å². The highest BCUT2D eigenvalue weighted by Crippen LogP contribution is 2.22. The Labute approximate surface area is 108 Å². The second kappa shape index (κ2) is 4.16. The molecule has 3 rings (SSSR count). The Morgan fingerprint density at radius 1 is 1.26 bits per heavy atom. The van der Waals surface area contributed by atoms with Crippen LogP contribution in [0.4, 0.5) is 5.82 Å². The summed E-state index contributed by atoms with van der Waals surface area (Å²) in [6, 6.07) is 3.62. The lowest BCUT2D eigenvalue weighted by Crippen LogP contribution is -2.17. The molecule has 0 spiro atoms. The molecule has 94 valence electrons. The molecule has 3 aromatic heterocycles. The molecule has 0 aliphatic rings. The third-order valence-electron chi connectivity index (χ3n) is 2.92. The van der Waals surface area contributed by atoms with Gasteiger partial charge in [-0.25, -0.2) is 4.98 Å². The zero-order valence-corrected chi connectivity index (χ0v) is 10.2. The van der Waals surface area contributed by atoms with Gasteiger partial charge in [0.05, 0.1) is 17.3 Å². The summed E-state index contributed by atoms with van der Waals surface area (Å²) in [4.78, 5) is 24.4. The Balaban J connectivity index is 2.33. The lowest BCUT2D eigenvalue weighted by atomic mass is 10.1. The summed E-state index contributed by atoms with van der Waals surface area (Å²) < 4.78 is 1.47. The molecule has 19 heavy (non-hydrogen) atoms. The molecule has 6 nitrogen and oxygen atoms in total. The number of hydrogen-bond donors (Lipinski definition) is 1. The molecule has 0 saturated heterocycles. The fourth-order valence-corrected chi connectivity index (χ4v) is 1.95. The summed E-state index contributed by atoms with van der Waals surface area (Å²) in [6.07, 6.45) is 6.48. The van der Waals surface area contributed by atoms with E-state index < -0.39 is 0 Å². The van der Waals surface area contributed by atoms with Crippen LogP contribution in [0.15, 0.2) is 41.7 Å². The van der Waals surface area contributed by atoms with Crippen LogP contribution in [-0.2, 0) is 7.05 Å². The molecule has 0 aliphatic heterocycles. The number of nitrogens with zero attached hydrogens (tertiary/aromatic N) is 4. The van der Waals surface area contributed by atoms with Crippen molar-refractivity contribution >= 4 is 16.6 Å². The molecule has 2 N–H and O–H groups in total. The van der Waals surface area contributed by atoms with Gasteiger partial charge in [0.2, 0.25) is 0 Å². The van der Waals surface area contributed by atoms with Crippen LogP contribution in [0.2, 0.25) is 0 Å². The lowest BCUT2D eigenvalue weighted by molar-refractivity contribution is 0.873. The van der Waals surface area contributed by atoms with Crippen LogP contribution in [0.5, 0.6) is 0 Å². The van der Waals surface area contributed by atoms with Gasteiger partial charge >= 0.3 is 0 Å². The van der Waals surface area contributed by atoms with Gasteiger partial charge in [0.15, 0.2) is 0 Å². The van der Waals surface area contributed by atoms with Crippen LogP contribution in [-0.4, -0.2) is 19.5 Å². The number of aromatic nitrogens is 4. The maximum Gasteiger partial charge on any atom is 0.261 e. The van der Waals surface area contributed by atoms with Crippen molar-refractivity contribution in [3.63, 3.8) is 0 Å². The summed E-state index contributed by atoms with van der Waals surface area (Å²) in [5.74, 6) is 0.208. The molecule has 0 aromatic carbocycles. The van der Waals surface area contributed by atoms with Crippen LogP contribution in [0.25, 0.3) is 22.2 Å². The summed E-state index contributed by atoms with van der Waals surface area (Å²) in [5.41, 5.74) is 6.96. The van der Waals surface area contributed by atoms with E-state index in [-0.39, 0.29) is 11.4 Å². The zero-order valence-electron chi connectivity index (χ0n) is 10.2. The van der Waals surface area contributed by atoms with E-state index in [0.29, 0.717) is 16.8 Å². The molecule has 0 radical (unpaired) electrons. The summed E-state index contributed by atoms with van der Waals surface area (Å²) in [6.45, 7) is 0. The summed E-state index contributed by atoms with van der Waals surface area (Å²) >= 11 is 0. The number of rotatable bonds is 1. The minimum atomic E-state index is -0.159.